The molecule has 2 amide bonds. The van der Waals surface area contributed by atoms with Crippen molar-refractivity contribution in [3.05, 3.63) is 35.9 Å². The summed E-state index contributed by atoms with van der Waals surface area (Å²) in [7, 11) is 0. The van der Waals surface area contributed by atoms with Crippen LogP contribution in [0.5, 0.6) is 0 Å². The molecule has 0 aromatic carbocycles. The first-order valence-electron chi connectivity index (χ1n) is 9.14. The number of aromatic nitrogens is 2. The van der Waals surface area contributed by atoms with Crippen LogP contribution in [0.1, 0.15) is 59.9 Å². The predicted octanol–water partition coefficient (Wildman–Crippen LogP) is 2.30. The second-order valence-corrected chi connectivity index (χ2v) is 6.87. The molecule has 0 saturated carbocycles. The van der Waals surface area contributed by atoms with Crippen LogP contribution in [0.4, 0.5) is 0 Å². The lowest BCUT2D eigenvalue weighted by atomic mass is 9.90. The van der Waals surface area contributed by atoms with Crippen LogP contribution >= 0.6 is 0 Å². The van der Waals surface area contributed by atoms with E-state index in [0.717, 1.165) is 44.5 Å². The minimum absolute atomic E-state index is 0.0260. The van der Waals surface area contributed by atoms with E-state index in [1.54, 1.807) is 6.20 Å². The topological polar surface area (TPSA) is 66.4 Å². The lowest BCUT2D eigenvalue weighted by molar-refractivity contribution is -0.127. The van der Waals surface area contributed by atoms with Crippen molar-refractivity contribution < 1.29 is 9.59 Å². The number of carbonyl (C=O) groups excluding carboxylic acids is 2. The fraction of sp³-hybridized carbons (Fsp3) is 0.579. The second-order valence-electron chi connectivity index (χ2n) is 6.87. The fourth-order valence-corrected chi connectivity index (χ4v) is 3.73. The molecule has 2 aliphatic heterocycles. The van der Waals surface area contributed by atoms with E-state index < -0.39 is 0 Å². The number of carbonyl (C=O) groups is 2. The minimum atomic E-state index is -0.0260. The highest BCUT2D eigenvalue weighted by molar-refractivity contribution is 5.95. The summed E-state index contributed by atoms with van der Waals surface area (Å²) in [6, 6.07) is 0. The van der Waals surface area contributed by atoms with Gasteiger partial charge in [0, 0.05) is 38.3 Å². The van der Waals surface area contributed by atoms with Crippen LogP contribution in [0.25, 0.3) is 0 Å². The van der Waals surface area contributed by atoms with Gasteiger partial charge in [0.15, 0.2) is 0 Å². The maximum atomic E-state index is 13.0. The third-order valence-electron chi connectivity index (χ3n) is 5.18. The highest BCUT2D eigenvalue weighted by Crippen LogP contribution is 2.30. The van der Waals surface area contributed by atoms with E-state index in [1.165, 1.54) is 12.5 Å². The van der Waals surface area contributed by atoms with Crippen LogP contribution in [0, 0.1) is 6.92 Å². The van der Waals surface area contributed by atoms with E-state index in [-0.39, 0.29) is 17.7 Å². The van der Waals surface area contributed by atoms with Gasteiger partial charge in [-0.3, -0.25) is 9.59 Å². The lowest BCUT2D eigenvalue weighted by Crippen LogP contribution is -2.39. The molecule has 0 spiro atoms. The molecule has 1 aromatic heterocycles. The van der Waals surface area contributed by atoms with Gasteiger partial charge >= 0.3 is 0 Å². The largest absolute Gasteiger partial charge is 0.339 e. The van der Waals surface area contributed by atoms with E-state index >= 15 is 0 Å². The van der Waals surface area contributed by atoms with Gasteiger partial charge in [-0.2, -0.15) is 0 Å². The molecule has 0 unspecified atom stereocenters. The van der Waals surface area contributed by atoms with Crippen molar-refractivity contribution in [2.75, 3.05) is 26.2 Å². The van der Waals surface area contributed by atoms with Crippen LogP contribution in [0.3, 0.4) is 0 Å². The van der Waals surface area contributed by atoms with Gasteiger partial charge in [-0.25, -0.2) is 9.97 Å². The normalized spacial score (nSPS) is 18.9. The predicted molar refractivity (Wildman–Crippen MR) is 95.3 cm³/mol. The van der Waals surface area contributed by atoms with Crippen molar-refractivity contribution in [3.63, 3.8) is 0 Å². The van der Waals surface area contributed by atoms with E-state index in [0.29, 0.717) is 24.5 Å². The van der Waals surface area contributed by atoms with Crippen LogP contribution in [-0.4, -0.2) is 57.8 Å². The number of likely N-dealkylation sites (tertiary alicyclic amines) is 2. The summed E-state index contributed by atoms with van der Waals surface area (Å²) in [5.74, 6) is 0.912. The molecule has 0 radical (unpaired) electrons. The van der Waals surface area contributed by atoms with E-state index in [1.807, 2.05) is 16.7 Å². The first kappa shape index (κ1) is 17.6. The summed E-state index contributed by atoms with van der Waals surface area (Å²) in [6.07, 6.45) is 8.01. The fourth-order valence-electron chi connectivity index (χ4n) is 3.73. The average Bonchev–Trinajstić information content (AvgIpc) is 2.67. The van der Waals surface area contributed by atoms with Gasteiger partial charge in [-0.15, -0.1) is 0 Å². The minimum Gasteiger partial charge on any atom is -0.339 e. The Morgan fingerprint density at radius 2 is 1.80 bits per heavy atom. The number of hydrogen-bond acceptors (Lipinski definition) is 4. The second kappa shape index (κ2) is 7.76. The first-order chi connectivity index (χ1) is 12.1. The molecule has 2 saturated heterocycles. The van der Waals surface area contributed by atoms with Crippen LogP contribution < -0.4 is 0 Å². The zero-order valence-electron chi connectivity index (χ0n) is 14.9. The van der Waals surface area contributed by atoms with Crippen molar-refractivity contribution in [1.29, 1.82) is 0 Å². The Hall–Kier alpha value is -2.24. The Morgan fingerprint density at radius 3 is 2.44 bits per heavy atom. The third-order valence-corrected chi connectivity index (χ3v) is 5.18. The molecule has 2 fully saturated rings. The summed E-state index contributed by atoms with van der Waals surface area (Å²) < 4.78 is 0. The number of hydrogen-bond donors (Lipinski definition) is 0. The van der Waals surface area contributed by atoms with E-state index in [9.17, 15) is 9.59 Å². The molecule has 134 valence electrons. The Balaban J connectivity index is 1.79. The van der Waals surface area contributed by atoms with Crippen LogP contribution in [-0.2, 0) is 4.79 Å². The van der Waals surface area contributed by atoms with Gasteiger partial charge in [0.25, 0.3) is 5.91 Å². The monoisotopic (exact) mass is 342 g/mol. The van der Waals surface area contributed by atoms with Gasteiger partial charge in [0.1, 0.15) is 5.82 Å². The Kier molecular flexibility index (Phi) is 5.46. The van der Waals surface area contributed by atoms with E-state index in [2.05, 4.69) is 16.5 Å². The van der Waals surface area contributed by atoms with Gasteiger partial charge < -0.3 is 9.80 Å². The molecule has 0 N–H and O–H groups in total. The van der Waals surface area contributed by atoms with Crippen molar-refractivity contribution in [2.24, 2.45) is 0 Å². The molecule has 6 nitrogen and oxygen atoms in total. The van der Waals surface area contributed by atoms with Crippen molar-refractivity contribution in [3.8, 4) is 0 Å². The molecule has 3 heterocycles. The summed E-state index contributed by atoms with van der Waals surface area (Å²) in [4.78, 5) is 37.4. The number of amides is 2. The number of rotatable bonds is 3. The zero-order chi connectivity index (χ0) is 17.8. The van der Waals surface area contributed by atoms with Crippen LogP contribution in [0.15, 0.2) is 18.9 Å². The van der Waals surface area contributed by atoms with Crippen molar-refractivity contribution >= 4 is 11.8 Å². The van der Waals surface area contributed by atoms with Crippen molar-refractivity contribution in [1.82, 2.24) is 19.8 Å². The first-order valence-corrected chi connectivity index (χ1v) is 9.14. The molecule has 1 aromatic rings. The molecule has 3 rings (SSSR count). The summed E-state index contributed by atoms with van der Waals surface area (Å²) in [6.45, 7) is 8.40. The molecule has 6 heteroatoms. The van der Waals surface area contributed by atoms with Crippen LogP contribution in [0.2, 0.25) is 0 Å². The number of nitrogens with zero attached hydrogens (tertiary/aromatic N) is 4. The molecule has 25 heavy (non-hydrogen) atoms. The number of piperidine rings is 2. The Labute approximate surface area is 148 Å². The summed E-state index contributed by atoms with van der Waals surface area (Å²) in [5.41, 5.74) is 1.50. The average molecular weight is 342 g/mol. The number of aryl methyl sites for hydroxylation is 1. The Bertz CT molecular complexity index is 659. The SMILES string of the molecule is C=CC(=O)N1CCC(c2nc(C)ncc2C(=O)N2CCCCC2)CC1. The molecule has 0 atom stereocenters. The summed E-state index contributed by atoms with van der Waals surface area (Å²) in [5, 5.41) is 0. The Morgan fingerprint density at radius 1 is 1.12 bits per heavy atom. The lowest BCUT2D eigenvalue weighted by Gasteiger charge is -2.32. The zero-order valence-corrected chi connectivity index (χ0v) is 14.9. The standard InChI is InChI=1S/C19H26N4O2/c1-3-17(24)22-11-7-15(8-12-22)18-16(13-20-14(2)21-18)19(25)23-9-5-4-6-10-23/h3,13,15H,1,4-12H2,2H3. The van der Waals surface area contributed by atoms with Gasteiger partial charge in [-0.05, 0) is 45.1 Å². The van der Waals surface area contributed by atoms with E-state index in [4.69, 9.17) is 0 Å². The van der Waals surface area contributed by atoms with Gasteiger partial charge in [0.2, 0.25) is 5.91 Å². The molecule has 2 aliphatic rings. The molecular weight excluding hydrogens is 316 g/mol. The molecule has 0 aliphatic carbocycles. The highest BCUT2D eigenvalue weighted by atomic mass is 16.2. The van der Waals surface area contributed by atoms with Crippen molar-refractivity contribution in [2.45, 2.75) is 44.9 Å². The van der Waals surface area contributed by atoms with Gasteiger partial charge in [0.05, 0.1) is 11.3 Å². The maximum absolute atomic E-state index is 13.0. The summed E-state index contributed by atoms with van der Waals surface area (Å²) >= 11 is 0. The van der Waals surface area contributed by atoms with Gasteiger partial charge in [-0.1, -0.05) is 6.58 Å². The maximum Gasteiger partial charge on any atom is 0.257 e. The smallest absolute Gasteiger partial charge is 0.257 e. The highest BCUT2D eigenvalue weighted by Gasteiger charge is 2.29. The third kappa shape index (κ3) is 3.89. The molecule has 0 bridgehead atoms. The quantitative estimate of drug-likeness (QED) is 0.791. The molecular formula is C19H26N4O2.